The number of nitrogens with zero attached hydrogens (tertiary/aromatic N) is 1. The van der Waals surface area contributed by atoms with Crippen molar-refractivity contribution in [3.05, 3.63) is 0 Å². The smallest absolute Gasteiger partial charge is 0.155 e. The van der Waals surface area contributed by atoms with E-state index in [4.69, 9.17) is 0 Å². The van der Waals surface area contributed by atoms with Crippen molar-refractivity contribution in [1.29, 1.82) is 0 Å². The Labute approximate surface area is 111 Å². The molecule has 2 aliphatic rings. The molecule has 1 N–H and O–H groups in total. The monoisotopic (exact) mass is 252 g/mol. The molecule has 2 aliphatic heterocycles. The van der Waals surface area contributed by atoms with Gasteiger partial charge in [-0.1, -0.05) is 27.7 Å². The maximum absolute atomic E-state index is 12.7. The summed E-state index contributed by atoms with van der Waals surface area (Å²) in [5, 5.41) is 3.48. The zero-order chi connectivity index (χ0) is 13.3. The van der Waals surface area contributed by atoms with Crippen LogP contribution in [0.5, 0.6) is 0 Å². The van der Waals surface area contributed by atoms with Crippen LogP contribution in [0.15, 0.2) is 0 Å². The minimum Gasteiger partial charge on any atom is -0.316 e. The van der Waals surface area contributed by atoms with Crippen molar-refractivity contribution in [2.45, 2.75) is 59.0 Å². The van der Waals surface area contributed by atoms with Crippen LogP contribution in [-0.2, 0) is 4.79 Å². The molecule has 0 aromatic carbocycles. The Morgan fingerprint density at radius 3 is 2.72 bits per heavy atom. The highest BCUT2D eigenvalue weighted by molar-refractivity contribution is 5.89. The Morgan fingerprint density at radius 2 is 2.11 bits per heavy atom. The Hall–Kier alpha value is -0.410. The highest BCUT2D eigenvalue weighted by atomic mass is 16.1. The molecule has 0 saturated carbocycles. The quantitative estimate of drug-likeness (QED) is 0.831. The maximum atomic E-state index is 12.7. The molecule has 0 aromatic heterocycles. The molecular formula is C15H28N2O. The van der Waals surface area contributed by atoms with Crippen LogP contribution in [-0.4, -0.2) is 42.4 Å². The fourth-order valence-corrected chi connectivity index (χ4v) is 3.58. The molecule has 2 rings (SSSR count). The van der Waals surface area contributed by atoms with Crippen molar-refractivity contribution in [3.63, 3.8) is 0 Å². The second kappa shape index (κ2) is 5.30. The Bertz CT molecular complexity index is 314. The van der Waals surface area contributed by atoms with Crippen molar-refractivity contribution in [3.8, 4) is 0 Å². The number of hydrogen-bond donors (Lipinski definition) is 1. The highest BCUT2D eigenvalue weighted by Crippen LogP contribution is 2.37. The number of piperidine rings is 1. The predicted octanol–water partition coefficient (Wildman–Crippen LogP) is 2.06. The number of ketones is 1. The summed E-state index contributed by atoms with van der Waals surface area (Å²) in [5.74, 6) is 1.14. The Morgan fingerprint density at radius 1 is 1.39 bits per heavy atom. The fraction of sp³-hybridized carbons (Fsp3) is 0.933. The highest BCUT2D eigenvalue weighted by Gasteiger charge is 2.46. The van der Waals surface area contributed by atoms with Crippen LogP contribution < -0.4 is 5.32 Å². The van der Waals surface area contributed by atoms with Crippen molar-refractivity contribution >= 4 is 5.78 Å². The number of Topliss-reactive ketones (excluding diaryl/α,β-unsaturated/α-hetero) is 1. The Balaban J connectivity index is 2.15. The van der Waals surface area contributed by atoms with E-state index in [-0.39, 0.29) is 11.5 Å². The lowest BCUT2D eigenvalue weighted by Crippen LogP contribution is -2.48. The van der Waals surface area contributed by atoms with Gasteiger partial charge in [-0.3, -0.25) is 9.69 Å². The van der Waals surface area contributed by atoms with Crippen LogP contribution in [0.2, 0.25) is 0 Å². The van der Waals surface area contributed by atoms with E-state index < -0.39 is 0 Å². The molecule has 0 radical (unpaired) electrons. The number of carbonyl (C=O) groups is 1. The summed E-state index contributed by atoms with van der Waals surface area (Å²) in [6, 6.07) is 0.803. The molecule has 0 aliphatic carbocycles. The first-order valence-electron chi connectivity index (χ1n) is 7.52. The second-order valence-electron chi connectivity index (χ2n) is 6.50. The molecule has 3 heteroatoms. The third kappa shape index (κ3) is 2.35. The van der Waals surface area contributed by atoms with Crippen LogP contribution in [0.3, 0.4) is 0 Å². The lowest BCUT2D eigenvalue weighted by atomic mass is 9.80. The van der Waals surface area contributed by atoms with Gasteiger partial charge < -0.3 is 5.32 Å². The molecule has 2 saturated heterocycles. The number of likely N-dealkylation sites (N-methyl/N-ethyl adjacent to an activating group) is 1. The third-order valence-corrected chi connectivity index (χ3v) is 5.14. The van der Waals surface area contributed by atoms with Gasteiger partial charge in [0, 0.05) is 11.5 Å². The average Bonchev–Trinajstić information content (AvgIpc) is 2.75. The van der Waals surface area contributed by atoms with E-state index in [1.807, 2.05) is 0 Å². The first-order chi connectivity index (χ1) is 8.51. The number of nitrogens with one attached hydrogen (secondary N) is 1. The summed E-state index contributed by atoms with van der Waals surface area (Å²) in [5.41, 5.74) is -0.168. The van der Waals surface area contributed by atoms with Gasteiger partial charge in [0.15, 0.2) is 5.78 Å². The van der Waals surface area contributed by atoms with E-state index >= 15 is 0 Å². The molecule has 2 fully saturated rings. The molecule has 104 valence electrons. The standard InChI is InChI=1S/C15H28N2O/c1-5-15(3,4)14(18)13-9-11-10-16-8-7-12(11)17(13)6-2/h11-13,16H,5-10H2,1-4H3. The van der Waals surface area contributed by atoms with Crippen molar-refractivity contribution < 1.29 is 4.79 Å². The number of carbonyl (C=O) groups excluding carboxylic acids is 1. The number of fused-ring (bicyclic) bond motifs is 1. The van der Waals surface area contributed by atoms with Gasteiger partial charge >= 0.3 is 0 Å². The predicted molar refractivity (Wildman–Crippen MR) is 74.6 cm³/mol. The van der Waals surface area contributed by atoms with Gasteiger partial charge in [0.1, 0.15) is 0 Å². The summed E-state index contributed by atoms with van der Waals surface area (Å²) in [6.45, 7) is 11.7. The largest absolute Gasteiger partial charge is 0.316 e. The normalized spacial score (nSPS) is 33.4. The maximum Gasteiger partial charge on any atom is 0.155 e. The SMILES string of the molecule is CCN1C(C(=O)C(C)(C)CC)CC2CNCCC21. The first-order valence-corrected chi connectivity index (χ1v) is 7.52. The molecule has 3 nitrogen and oxygen atoms in total. The molecule has 0 bridgehead atoms. The third-order valence-electron chi connectivity index (χ3n) is 5.14. The summed E-state index contributed by atoms with van der Waals surface area (Å²) in [6.07, 6.45) is 3.20. The van der Waals surface area contributed by atoms with Crippen molar-refractivity contribution in [2.24, 2.45) is 11.3 Å². The van der Waals surface area contributed by atoms with Crippen LogP contribution in [0, 0.1) is 11.3 Å². The summed E-state index contributed by atoms with van der Waals surface area (Å²) in [4.78, 5) is 15.2. The van der Waals surface area contributed by atoms with E-state index in [0.29, 0.717) is 17.7 Å². The van der Waals surface area contributed by atoms with Crippen LogP contribution in [0.25, 0.3) is 0 Å². The summed E-state index contributed by atoms with van der Waals surface area (Å²) < 4.78 is 0. The van der Waals surface area contributed by atoms with Gasteiger partial charge in [0.2, 0.25) is 0 Å². The number of likely N-dealkylation sites (tertiary alicyclic amines) is 1. The minimum atomic E-state index is -0.168. The minimum absolute atomic E-state index is 0.167. The van der Waals surface area contributed by atoms with E-state index in [2.05, 4.69) is 37.9 Å². The first kappa shape index (κ1) is 14.0. The number of rotatable bonds is 4. The molecule has 18 heavy (non-hydrogen) atoms. The van der Waals surface area contributed by atoms with E-state index in [9.17, 15) is 4.79 Å². The molecule has 0 aromatic rings. The summed E-state index contributed by atoms with van der Waals surface area (Å²) >= 11 is 0. The lowest BCUT2D eigenvalue weighted by molar-refractivity contribution is -0.132. The fourth-order valence-electron chi connectivity index (χ4n) is 3.58. The van der Waals surface area contributed by atoms with Crippen LogP contribution in [0.1, 0.15) is 47.0 Å². The van der Waals surface area contributed by atoms with Gasteiger partial charge in [-0.15, -0.1) is 0 Å². The van der Waals surface area contributed by atoms with Crippen molar-refractivity contribution in [1.82, 2.24) is 10.2 Å². The van der Waals surface area contributed by atoms with E-state index in [0.717, 1.165) is 32.5 Å². The van der Waals surface area contributed by atoms with Gasteiger partial charge in [-0.05, 0) is 44.8 Å². The molecule has 0 spiro atoms. The lowest BCUT2D eigenvalue weighted by Gasteiger charge is -2.35. The topological polar surface area (TPSA) is 32.3 Å². The molecule has 3 unspecified atom stereocenters. The Kier molecular flexibility index (Phi) is 4.12. The average molecular weight is 252 g/mol. The van der Waals surface area contributed by atoms with Crippen LogP contribution in [0.4, 0.5) is 0 Å². The zero-order valence-electron chi connectivity index (χ0n) is 12.3. The van der Waals surface area contributed by atoms with E-state index in [1.54, 1.807) is 0 Å². The summed E-state index contributed by atoms with van der Waals surface area (Å²) in [7, 11) is 0. The van der Waals surface area contributed by atoms with Gasteiger partial charge in [-0.25, -0.2) is 0 Å². The van der Waals surface area contributed by atoms with E-state index in [1.165, 1.54) is 6.42 Å². The van der Waals surface area contributed by atoms with Gasteiger partial charge in [0.05, 0.1) is 6.04 Å². The molecule has 2 heterocycles. The van der Waals surface area contributed by atoms with Gasteiger partial charge in [-0.2, -0.15) is 0 Å². The van der Waals surface area contributed by atoms with Crippen LogP contribution >= 0.6 is 0 Å². The second-order valence-corrected chi connectivity index (χ2v) is 6.50. The number of hydrogen-bond acceptors (Lipinski definition) is 3. The van der Waals surface area contributed by atoms with Gasteiger partial charge in [0.25, 0.3) is 0 Å². The zero-order valence-corrected chi connectivity index (χ0v) is 12.3. The molecular weight excluding hydrogens is 224 g/mol. The molecule has 3 atom stereocenters. The van der Waals surface area contributed by atoms with Crippen molar-refractivity contribution in [2.75, 3.05) is 19.6 Å². The molecule has 0 amide bonds.